The Kier molecular flexibility index (Phi) is 5.44. The normalized spacial score (nSPS) is 10.9. The summed E-state index contributed by atoms with van der Waals surface area (Å²) in [7, 11) is 0. The number of nitrogens with one attached hydrogen (secondary N) is 2. The van der Waals surface area contributed by atoms with E-state index in [4.69, 9.17) is 4.98 Å². The second-order valence-corrected chi connectivity index (χ2v) is 7.33. The SMILES string of the molecule is Cc1ccc2[nH]c(CCCNc3nc(-c4ccc(F)cc4)ccc3C#N)nc2c1C. The Balaban J connectivity index is 1.43. The summed E-state index contributed by atoms with van der Waals surface area (Å²) < 4.78 is 13.2. The lowest BCUT2D eigenvalue weighted by atomic mass is 10.1. The highest BCUT2D eigenvalue weighted by Gasteiger charge is 2.09. The summed E-state index contributed by atoms with van der Waals surface area (Å²) in [5, 5.41) is 12.6. The van der Waals surface area contributed by atoms with Crippen LogP contribution in [0.25, 0.3) is 22.3 Å². The maximum atomic E-state index is 13.2. The molecule has 0 aliphatic rings. The lowest BCUT2D eigenvalue weighted by Gasteiger charge is -2.09. The molecule has 0 bridgehead atoms. The molecular formula is C24H22FN5. The third-order valence-corrected chi connectivity index (χ3v) is 5.27. The topological polar surface area (TPSA) is 77.4 Å². The Morgan fingerprint density at radius 2 is 1.83 bits per heavy atom. The number of rotatable bonds is 6. The molecule has 5 nitrogen and oxygen atoms in total. The molecule has 4 aromatic rings. The lowest BCUT2D eigenvalue weighted by Crippen LogP contribution is -2.07. The van der Waals surface area contributed by atoms with Crippen molar-refractivity contribution in [1.82, 2.24) is 15.0 Å². The maximum Gasteiger partial charge on any atom is 0.144 e. The van der Waals surface area contributed by atoms with Gasteiger partial charge in [-0.3, -0.25) is 0 Å². The first kappa shape index (κ1) is 19.6. The molecule has 0 aliphatic carbocycles. The Hall–Kier alpha value is -3.72. The summed E-state index contributed by atoms with van der Waals surface area (Å²) in [6.45, 7) is 4.84. The van der Waals surface area contributed by atoms with E-state index in [0.717, 1.165) is 35.3 Å². The average Bonchev–Trinajstić information content (AvgIpc) is 3.18. The van der Waals surface area contributed by atoms with E-state index in [9.17, 15) is 9.65 Å². The standard InChI is InChI=1S/C24H22FN5/c1-15-5-11-21-23(16(15)2)30-22(28-21)4-3-13-27-24-18(14-26)8-12-20(29-24)17-6-9-19(25)10-7-17/h5-12H,3-4,13H2,1-2H3,(H,27,29)(H,28,30). The molecule has 150 valence electrons. The Labute approximate surface area is 174 Å². The van der Waals surface area contributed by atoms with Crippen LogP contribution >= 0.6 is 0 Å². The molecule has 6 heteroatoms. The van der Waals surface area contributed by atoms with Gasteiger partial charge in [0.05, 0.1) is 22.3 Å². The molecule has 0 aliphatic heterocycles. The molecule has 0 atom stereocenters. The number of aryl methyl sites for hydroxylation is 3. The molecule has 30 heavy (non-hydrogen) atoms. The summed E-state index contributed by atoms with van der Waals surface area (Å²) in [6, 6.07) is 16.0. The van der Waals surface area contributed by atoms with Gasteiger partial charge in [-0.15, -0.1) is 0 Å². The quantitative estimate of drug-likeness (QED) is 0.432. The van der Waals surface area contributed by atoms with Gasteiger partial charge in [0.25, 0.3) is 0 Å². The van der Waals surface area contributed by atoms with Crippen LogP contribution in [0.5, 0.6) is 0 Å². The van der Waals surface area contributed by atoms with Crippen LogP contribution in [-0.2, 0) is 6.42 Å². The second kappa shape index (κ2) is 8.34. The number of halogens is 1. The molecular weight excluding hydrogens is 377 g/mol. The smallest absolute Gasteiger partial charge is 0.144 e. The zero-order valence-electron chi connectivity index (χ0n) is 17.0. The van der Waals surface area contributed by atoms with Crippen molar-refractivity contribution in [2.24, 2.45) is 0 Å². The number of hydrogen-bond donors (Lipinski definition) is 2. The molecule has 2 heterocycles. The van der Waals surface area contributed by atoms with Crippen molar-refractivity contribution >= 4 is 16.9 Å². The first-order valence-corrected chi connectivity index (χ1v) is 9.91. The van der Waals surface area contributed by atoms with E-state index < -0.39 is 0 Å². The van der Waals surface area contributed by atoms with E-state index in [1.807, 2.05) is 0 Å². The third-order valence-electron chi connectivity index (χ3n) is 5.27. The molecule has 2 aromatic heterocycles. The largest absolute Gasteiger partial charge is 0.369 e. The summed E-state index contributed by atoms with van der Waals surface area (Å²) >= 11 is 0. The summed E-state index contributed by atoms with van der Waals surface area (Å²) in [5.74, 6) is 1.20. The van der Waals surface area contributed by atoms with E-state index in [0.29, 0.717) is 23.6 Å². The minimum Gasteiger partial charge on any atom is -0.369 e. The summed E-state index contributed by atoms with van der Waals surface area (Å²) in [6.07, 6.45) is 1.63. The van der Waals surface area contributed by atoms with Gasteiger partial charge in [-0.2, -0.15) is 5.26 Å². The highest BCUT2D eigenvalue weighted by molar-refractivity contribution is 5.79. The molecule has 0 radical (unpaired) electrons. The van der Waals surface area contributed by atoms with E-state index >= 15 is 0 Å². The number of fused-ring (bicyclic) bond motifs is 1. The predicted molar refractivity (Wildman–Crippen MR) is 117 cm³/mol. The van der Waals surface area contributed by atoms with Crippen molar-refractivity contribution < 1.29 is 4.39 Å². The van der Waals surface area contributed by atoms with E-state index in [1.165, 1.54) is 23.3 Å². The number of anilines is 1. The van der Waals surface area contributed by atoms with Crippen molar-refractivity contribution in [3.05, 3.63) is 76.9 Å². The van der Waals surface area contributed by atoms with Crippen LogP contribution in [0.1, 0.15) is 28.9 Å². The maximum absolute atomic E-state index is 13.2. The molecule has 0 spiro atoms. The zero-order chi connectivity index (χ0) is 21.1. The van der Waals surface area contributed by atoms with Crippen LogP contribution in [0, 0.1) is 31.0 Å². The van der Waals surface area contributed by atoms with Gasteiger partial charge in [0, 0.05) is 18.5 Å². The van der Waals surface area contributed by atoms with Crippen LogP contribution < -0.4 is 5.32 Å². The molecule has 4 rings (SSSR count). The van der Waals surface area contributed by atoms with E-state index in [-0.39, 0.29) is 5.82 Å². The number of pyridine rings is 1. The fourth-order valence-electron chi connectivity index (χ4n) is 3.41. The van der Waals surface area contributed by atoms with Crippen LogP contribution in [0.3, 0.4) is 0 Å². The Morgan fingerprint density at radius 1 is 1.03 bits per heavy atom. The minimum atomic E-state index is -0.290. The first-order chi connectivity index (χ1) is 14.5. The Bertz CT molecular complexity index is 1240. The third kappa shape index (κ3) is 4.01. The van der Waals surface area contributed by atoms with Gasteiger partial charge in [-0.25, -0.2) is 14.4 Å². The number of aromatic nitrogens is 3. The molecule has 0 saturated carbocycles. The number of hydrogen-bond acceptors (Lipinski definition) is 4. The van der Waals surface area contributed by atoms with Crippen molar-refractivity contribution in [3.63, 3.8) is 0 Å². The van der Waals surface area contributed by atoms with Gasteiger partial charge >= 0.3 is 0 Å². The number of H-pyrrole nitrogens is 1. The van der Waals surface area contributed by atoms with Crippen molar-refractivity contribution in [1.29, 1.82) is 5.26 Å². The Morgan fingerprint density at radius 3 is 2.60 bits per heavy atom. The average molecular weight is 399 g/mol. The van der Waals surface area contributed by atoms with Gasteiger partial charge in [-0.1, -0.05) is 6.07 Å². The van der Waals surface area contributed by atoms with Gasteiger partial charge in [0.15, 0.2) is 0 Å². The molecule has 0 unspecified atom stereocenters. The molecule has 2 aromatic carbocycles. The minimum absolute atomic E-state index is 0.290. The number of benzene rings is 2. The van der Waals surface area contributed by atoms with Crippen molar-refractivity contribution in [2.75, 3.05) is 11.9 Å². The number of nitrogens with zero attached hydrogens (tertiary/aromatic N) is 3. The highest BCUT2D eigenvalue weighted by Crippen LogP contribution is 2.22. The van der Waals surface area contributed by atoms with Crippen LogP contribution in [-0.4, -0.2) is 21.5 Å². The van der Waals surface area contributed by atoms with E-state index in [2.05, 4.69) is 47.3 Å². The van der Waals surface area contributed by atoms with Gasteiger partial charge in [-0.05, 0) is 73.9 Å². The summed E-state index contributed by atoms with van der Waals surface area (Å²) in [5.41, 5.74) is 6.50. The van der Waals surface area contributed by atoms with Crippen LogP contribution in [0.4, 0.5) is 10.2 Å². The zero-order valence-corrected chi connectivity index (χ0v) is 17.0. The first-order valence-electron chi connectivity index (χ1n) is 9.91. The monoisotopic (exact) mass is 399 g/mol. The van der Waals surface area contributed by atoms with Crippen LogP contribution in [0.15, 0.2) is 48.5 Å². The highest BCUT2D eigenvalue weighted by atomic mass is 19.1. The fraction of sp³-hybridized carbons (Fsp3) is 0.208. The lowest BCUT2D eigenvalue weighted by molar-refractivity contribution is 0.628. The van der Waals surface area contributed by atoms with Crippen molar-refractivity contribution in [2.45, 2.75) is 26.7 Å². The van der Waals surface area contributed by atoms with Gasteiger partial charge in [0.2, 0.25) is 0 Å². The molecule has 2 N–H and O–H groups in total. The van der Waals surface area contributed by atoms with Gasteiger partial charge < -0.3 is 10.3 Å². The number of aromatic amines is 1. The van der Waals surface area contributed by atoms with Gasteiger partial charge in [0.1, 0.15) is 23.5 Å². The second-order valence-electron chi connectivity index (χ2n) is 7.33. The molecule has 0 saturated heterocycles. The summed E-state index contributed by atoms with van der Waals surface area (Å²) in [4.78, 5) is 12.7. The molecule has 0 fully saturated rings. The number of nitriles is 1. The molecule has 0 amide bonds. The van der Waals surface area contributed by atoms with E-state index in [1.54, 1.807) is 24.3 Å². The van der Waals surface area contributed by atoms with Crippen molar-refractivity contribution in [3.8, 4) is 17.3 Å². The number of imidazole rings is 1. The predicted octanol–water partition coefficient (Wildman–Crippen LogP) is 5.30. The van der Waals surface area contributed by atoms with Crippen LogP contribution in [0.2, 0.25) is 0 Å². The fourth-order valence-corrected chi connectivity index (χ4v) is 3.41.